The van der Waals surface area contributed by atoms with Gasteiger partial charge < -0.3 is 4.42 Å². The van der Waals surface area contributed by atoms with E-state index in [0.29, 0.717) is 26.3 Å². The number of carbonyl (C=O) groups is 1. The van der Waals surface area contributed by atoms with Crippen LogP contribution in [0.5, 0.6) is 0 Å². The lowest BCUT2D eigenvalue weighted by Crippen LogP contribution is -2.27. The van der Waals surface area contributed by atoms with Gasteiger partial charge in [0.1, 0.15) is 11.5 Å². The van der Waals surface area contributed by atoms with Crippen LogP contribution in [0.1, 0.15) is 11.3 Å². The normalized spacial score (nSPS) is 15.3. The van der Waals surface area contributed by atoms with Gasteiger partial charge in [-0.3, -0.25) is 19.8 Å². The Labute approximate surface area is 176 Å². The van der Waals surface area contributed by atoms with Crippen molar-refractivity contribution >= 4 is 51.7 Å². The van der Waals surface area contributed by atoms with Gasteiger partial charge >= 0.3 is 0 Å². The van der Waals surface area contributed by atoms with Crippen LogP contribution >= 0.6 is 24.0 Å². The van der Waals surface area contributed by atoms with Gasteiger partial charge in [0, 0.05) is 23.8 Å². The molecule has 8 heteroatoms. The zero-order valence-electron chi connectivity index (χ0n) is 15.2. The van der Waals surface area contributed by atoms with E-state index in [4.69, 9.17) is 16.6 Å². The molecule has 0 saturated carbocycles. The summed E-state index contributed by atoms with van der Waals surface area (Å²) in [5.74, 6) is 0.863. The summed E-state index contributed by atoms with van der Waals surface area (Å²) in [6.07, 6.45) is 1.66. The standard InChI is InChI=1S/C21H14N2O4S2/c1-13-3-2-4-16(11-13)22-20(24)19(29-21(22)28)12-17-9-10-18(27-17)14-5-7-15(8-6-14)23(25)26/h2-12H,1H3/b19-12+. The van der Waals surface area contributed by atoms with Gasteiger partial charge in [0.15, 0.2) is 4.32 Å². The molecule has 3 aromatic rings. The number of hydrogen-bond donors (Lipinski definition) is 0. The molecule has 1 fully saturated rings. The van der Waals surface area contributed by atoms with Crippen LogP contribution in [0.25, 0.3) is 17.4 Å². The fraction of sp³-hybridized carbons (Fsp3) is 0.0476. The number of furan rings is 1. The number of nitro benzene ring substituents is 1. The molecule has 1 saturated heterocycles. The second-order valence-corrected chi connectivity index (χ2v) is 8.04. The summed E-state index contributed by atoms with van der Waals surface area (Å²) in [5.41, 5.74) is 2.50. The summed E-state index contributed by atoms with van der Waals surface area (Å²) in [6.45, 7) is 1.96. The lowest BCUT2D eigenvalue weighted by Gasteiger charge is -2.14. The van der Waals surface area contributed by atoms with Gasteiger partial charge in [-0.25, -0.2) is 0 Å². The third-order valence-corrected chi connectivity index (χ3v) is 5.62. The number of thiocarbonyl (C=S) groups is 1. The number of amides is 1. The summed E-state index contributed by atoms with van der Waals surface area (Å²) >= 11 is 6.61. The maximum absolute atomic E-state index is 12.9. The number of carbonyl (C=O) groups excluding carboxylic acids is 1. The van der Waals surface area contributed by atoms with Crippen molar-refractivity contribution < 1.29 is 14.1 Å². The summed E-state index contributed by atoms with van der Waals surface area (Å²) in [5, 5.41) is 10.8. The van der Waals surface area contributed by atoms with E-state index in [-0.39, 0.29) is 11.6 Å². The second-order valence-electron chi connectivity index (χ2n) is 6.36. The first kappa shape index (κ1) is 19.1. The highest BCUT2D eigenvalue weighted by atomic mass is 32.2. The highest BCUT2D eigenvalue weighted by Gasteiger charge is 2.33. The zero-order valence-corrected chi connectivity index (χ0v) is 16.8. The highest BCUT2D eigenvalue weighted by Crippen LogP contribution is 2.37. The first-order valence-corrected chi connectivity index (χ1v) is 9.84. The minimum Gasteiger partial charge on any atom is -0.457 e. The average Bonchev–Trinajstić information content (AvgIpc) is 3.26. The molecule has 29 heavy (non-hydrogen) atoms. The Morgan fingerprint density at radius 2 is 1.90 bits per heavy atom. The maximum atomic E-state index is 12.9. The fourth-order valence-corrected chi connectivity index (χ4v) is 4.20. The van der Waals surface area contributed by atoms with Crippen molar-refractivity contribution in [2.24, 2.45) is 0 Å². The Hall–Kier alpha value is -3.23. The van der Waals surface area contributed by atoms with E-state index >= 15 is 0 Å². The molecule has 0 spiro atoms. The number of nitro groups is 1. The Bertz CT molecular complexity index is 1170. The number of anilines is 1. The fourth-order valence-electron chi connectivity index (χ4n) is 2.92. The van der Waals surface area contributed by atoms with E-state index in [9.17, 15) is 14.9 Å². The molecular formula is C21H14N2O4S2. The Balaban J connectivity index is 1.58. The van der Waals surface area contributed by atoms with Crippen LogP contribution in [0.2, 0.25) is 0 Å². The molecular weight excluding hydrogens is 408 g/mol. The van der Waals surface area contributed by atoms with Gasteiger partial charge in [-0.05, 0) is 48.9 Å². The zero-order chi connectivity index (χ0) is 20.5. The van der Waals surface area contributed by atoms with Crippen LogP contribution in [0.3, 0.4) is 0 Å². The number of benzene rings is 2. The number of rotatable bonds is 4. The predicted octanol–water partition coefficient (Wildman–Crippen LogP) is 5.57. The van der Waals surface area contributed by atoms with E-state index in [2.05, 4.69) is 0 Å². The summed E-state index contributed by atoms with van der Waals surface area (Å²) in [6, 6.07) is 17.2. The first-order chi connectivity index (χ1) is 13.9. The van der Waals surface area contributed by atoms with Crippen LogP contribution < -0.4 is 4.90 Å². The van der Waals surface area contributed by atoms with Crippen molar-refractivity contribution in [3.63, 3.8) is 0 Å². The van der Waals surface area contributed by atoms with Crippen molar-refractivity contribution in [2.45, 2.75) is 6.92 Å². The Morgan fingerprint density at radius 3 is 2.59 bits per heavy atom. The van der Waals surface area contributed by atoms with Gasteiger partial charge in [-0.15, -0.1) is 0 Å². The van der Waals surface area contributed by atoms with E-state index in [1.165, 1.54) is 28.8 Å². The molecule has 1 amide bonds. The van der Waals surface area contributed by atoms with Crippen LogP contribution in [0.15, 0.2) is 70.0 Å². The lowest BCUT2D eigenvalue weighted by molar-refractivity contribution is -0.384. The second kappa shape index (κ2) is 7.65. The topological polar surface area (TPSA) is 76.6 Å². The molecule has 6 nitrogen and oxygen atoms in total. The van der Waals surface area contributed by atoms with Crippen molar-refractivity contribution in [1.29, 1.82) is 0 Å². The van der Waals surface area contributed by atoms with E-state index in [1.54, 1.807) is 30.3 Å². The molecule has 1 aromatic heterocycles. The molecule has 0 N–H and O–H groups in total. The molecule has 144 valence electrons. The summed E-state index contributed by atoms with van der Waals surface area (Å²) in [7, 11) is 0. The van der Waals surface area contributed by atoms with Crippen LogP contribution in [0, 0.1) is 17.0 Å². The molecule has 4 rings (SSSR count). The molecule has 0 bridgehead atoms. The molecule has 0 unspecified atom stereocenters. The van der Waals surface area contributed by atoms with Gasteiger partial charge in [0.2, 0.25) is 0 Å². The van der Waals surface area contributed by atoms with Crippen LogP contribution in [-0.2, 0) is 4.79 Å². The monoisotopic (exact) mass is 422 g/mol. The SMILES string of the molecule is Cc1cccc(N2C(=O)/C(=C\c3ccc(-c4ccc([N+](=O)[O-])cc4)o3)SC2=S)c1. The highest BCUT2D eigenvalue weighted by molar-refractivity contribution is 8.27. The smallest absolute Gasteiger partial charge is 0.270 e. The molecule has 1 aliphatic heterocycles. The van der Waals surface area contributed by atoms with E-state index in [0.717, 1.165) is 11.3 Å². The molecule has 0 radical (unpaired) electrons. The van der Waals surface area contributed by atoms with Crippen molar-refractivity contribution in [3.05, 3.63) is 87.0 Å². The van der Waals surface area contributed by atoms with Gasteiger partial charge in [-0.1, -0.05) is 36.1 Å². The number of aryl methyl sites for hydroxylation is 1. The van der Waals surface area contributed by atoms with E-state index in [1.807, 2.05) is 31.2 Å². The van der Waals surface area contributed by atoms with E-state index < -0.39 is 4.92 Å². The lowest BCUT2D eigenvalue weighted by atomic mass is 10.1. The largest absolute Gasteiger partial charge is 0.457 e. The number of nitrogens with zero attached hydrogens (tertiary/aromatic N) is 2. The number of thioether (sulfide) groups is 1. The minimum absolute atomic E-state index is 0.0142. The molecule has 2 aromatic carbocycles. The summed E-state index contributed by atoms with van der Waals surface area (Å²) < 4.78 is 6.27. The maximum Gasteiger partial charge on any atom is 0.270 e. The number of non-ortho nitro benzene ring substituents is 1. The average molecular weight is 422 g/mol. The van der Waals surface area contributed by atoms with Gasteiger partial charge in [-0.2, -0.15) is 0 Å². The Kier molecular flexibility index (Phi) is 5.04. The minimum atomic E-state index is -0.451. The van der Waals surface area contributed by atoms with Gasteiger partial charge in [0.05, 0.1) is 15.5 Å². The molecule has 0 atom stereocenters. The van der Waals surface area contributed by atoms with Crippen molar-refractivity contribution in [1.82, 2.24) is 0 Å². The first-order valence-electron chi connectivity index (χ1n) is 8.62. The Morgan fingerprint density at radius 1 is 1.14 bits per heavy atom. The molecule has 0 aliphatic carbocycles. The summed E-state index contributed by atoms with van der Waals surface area (Å²) in [4.78, 5) is 25.2. The molecule has 1 aliphatic rings. The third kappa shape index (κ3) is 3.85. The predicted molar refractivity (Wildman–Crippen MR) is 118 cm³/mol. The number of hydrogen-bond acceptors (Lipinski definition) is 6. The van der Waals surface area contributed by atoms with Crippen LogP contribution in [-0.4, -0.2) is 15.2 Å². The van der Waals surface area contributed by atoms with Crippen molar-refractivity contribution in [3.8, 4) is 11.3 Å². The quantitative estimate of drug-likeness (QED) is 0.237. The third-order valence-electron chi connectivity index (χ3n) is 4.32. The van der Waals surface area contributed by atoms with Crippen LogP contribution in [0.4, 0.5) is 11.4 Å². The van der Waals surface area contributed by atoms with Crippen molar-refractivity contribution in [2.75, 3.05) is 4.90 Å². The molecule has 2 heterocycles. The van der Waals surface area contributed by atoms with Gasteiger partial charge in [0.25, 0.3) is 11.6 Å².